The first-order chi connectivity index (χ1) is 11.0. The normalized spacial score (nSPS) is 32.5. The van der Waals surface area contributed by atoms with Crippen molar-refractivity contribution in [2.75, 3.05) is 18.9 Å². The number of hydrogen-bond acceptors (Lipinski definition) is 9. The van der Waals surface area contributed by atoms with Crippen LogP contribution in [0.15, 0.2) is 12.7 Å². The summed E-state index contributed by atoms with van der Waals surface area (Å²) in [5.41, 5.74) is 10.9. The summed E-state index contributed by atoms with van der Waals surface area (Å²) in [5, 5.41) is 30.2. The fraction of sp³-hybridized carbons (Fsp3) is 0.615. The van der Waals surface area contributed by atoms with Crippen molar-refractivity contribution in [2.45, 2.75) is 31.0 Å². The molecule has 0 amide bonds. The Morgan fingerprint density at radius 3 is 2.74 bits per heavy atom. The van der Waals surface area contributed by atoms with Crippen LogP contribution in [0.1, 0.15) is 6.92 Å². The first-order valence-corrected chi connectivity index (χ1v) is 7.26. The first-order valence-electron chi connectivity index (χ1n) is 7.26. The molecule has 1 aliphatic heterocycles. The van der Waals surface area contributed by atoms with Gasteiger partial charge in [-0.25, -0.2) is 15.0 Å². The van der Waals surface area contributed by atoms with Gasteiger partial charge in [-0.3, -0.25) is 4.57 Å². The van der Waals surface area contributed by atoms with Gasteiger partial charge >= 0.3 is 0 Å². The molecule has 2 aromatic rings. The molecule has 126 valence electrons. The molecule has 3 heterocycles. The van der Waals surface area contributed by atoms with Gasteiger partial charge in [0.15, 0.2) is 17.2 Å². The molecular weight excluding hydrogens is 304 g/mol. The minimum Gasteiger partial charge on any atom is -0.394 e. The van der Waals surface area contributed by atoms with Gasteiger partial charge in [0.25, 0.3) is 0 Å². The molecule has 3 rings (SSSR count). The number of aliphatic hydroxyl groups excluding tert-OH is 3. The summed E-state index contributed by atoms with van der Waals surface area (Å²) in [6.07, 6.45) is -0.858. The van der Waals surface area contributed by atoms with Gasteiger partial charge in [-0.1, -0.05) is 6.92 Å². The van der Waals surface area contributed by atoms with E-state index in [0.717, 1.165) is 0 Å². The van der Waals surface area contributed by atoms with Gasteiger partial charge in [-0.2, -0.15) is 0 Å². The lowest BCUT2D eigenvalue weighted by Gasteiger charge is -2.38. The standard InChI is InChI=1S/C13H20N6O4/c1-6(2-14)13(10(22)9(21)7(3-20)23-13)19-5-18-8-11(15)16-4-17-12(8)19/h4-7,9-10,20-22H,2-3,14H2,1H3,(H2,15,16,17)/t6?,7-,9-,10-,13-/m1/s1. The number of imidazole rings is 1. The lowest BCUT2D eigenvalue weighted by molar-refractivity contribution is -0.175. The van der Waals surface area contributed by atoms with Gasteiger partial charge < -0.3 is 31.5 Å². The monoisotopic (exact) mass is 324 g/mol. The summed E-state index contributed by atoms with van der Waals surface area (Å²) in [7, 11) is 0. The molecule has 0 bridgehead atoms. The zero-order valence-electron chi connectivity index (χ0n) is 12.6. The zero-order chi connectivity index (χ0) is 16.8. The summed E-state index contributed by atoms with van der Waals surface area (Å²) >= 11 is 0. The summed E-state index contributed by atoms with van der Waals surface area (Å²) in [6.45, 7) is 1.50. The Balaban J connectivity index is 2.22. The number of ether oxygens (including phenoxy) is 1. The van der Waals surface area contributed by atoms with Crippen LogP contribution in [-0.2, 0) is 10.5 Å². The Morgan fingerprint density at radius 2 is 2.13 bits per heavy atom. The topological polar surface area (TPSA) is 166 Å². The highest BCUT2D eigenvalue weighted by Crippen LogP contribution is 2.42. The van der Waals surface area contributed by atoms with Gasteiger partial charge in [0.05, 0.1) is 12.9 Å². The second-order valence-corrected chi connectivity index (χ2v) is 5.71. The van der Waals surface area contributed by atoms with Crippen molar-refractivity contribution in [1.29, 1.82) is 0 Å². The van der Waals surface area contributed by atoms with Crippen LogP contribution in [0.3, 0.4) is 0 Å². The maximum atomic E-state index is 10.6. The van der Waals surface area contributed by atoms with Gasteiger partial charge in [-0.15, -0.1) is 0 Å². The van der Waals surface area contributed by atoms with E-state index < -0.39 is 36.6 Å². The third-order valence-corrected chi connectivity index (χ3v) is 4.45. The van der Waals surface area contributed by atoms with E-state index in [1.54, 1.807) is 6.92 Å². The van der Waals surface area contributed by atoms with E-state index in [9.17, 15) is 15.3 Å². The van der Waals surface area contributed by atoms with Gasteiger partial charge in [0.2, 0.25) is 0 Å². The average Bonchev–Trinajstić information content (AvgIpc) is 3.09. The van der Waals surface area contributed by atoms with Crippen molar-refractivity contribution in [3.63, 3.8) is 0 Å². The molecule has 0 aliphatic carbocycles. The van der Waals surface area contributed by atoms with E-state index in [1.807, 2.05) is 0 Å². The highest BCUT2D eigenvalue weighted by molar-refractivity contribution is 5.81. The van der Waals surface area contributed by atoms with Gasteiger partial charge in [0, 0.05) is 5.92 Å². The molecule has 0 radical (unpaired) electrons. The Morgan fingerprint density at radius 1 is 1.39 bits per heavy atom. The summed E-state index contributed by atoms with van der Waals surface area (Å²) in [4.78, 5) is 12.2. The lowest BCUT2D eigenvalue weighted by atomic mass is 9.90. The predicted octanol–water partition coefficient (Wildman–Crippen LogP) is -2.23. The SMILES string of the molecule is CC(CN)[C@@]1(n2cnc3c(N)ncnc32)O[C@H](CO)[C@@H](O)[C@H]1O. The van der Waals surface area contributed by atoms with Crippen molar-refractivity contribution in [2.24, 2.45) is 11.7 Å². The van der Waals surface area contributed by atoms with Crippen LogP contribution in [-0.4, -0.2) is 66.3 Å². The van der Waals surface area contributed by atoms with Gasteiger partial charge in [0.1, 0.15) is 30.2 Å². The van der Waals surface area contributed by atoms with Crippen LogP contribution in [0.4, 0.5) is 5.82 Å². The fourth-order valence-electron chi connectivity index (χ4n) is 3.10. The van der Waals surface area contributed by atoms with Gasteiger partial charge in [-0.05, 0) is 6.54 Å². The number of nitrogens with two attached hydrogens (primary N) is 2. The molecule has 1 aliphatic rings. The molecule has 10 heteroatoms. The van der Waals surface area contributed by atoms with Crippen molar-refractivity contribution >= 4 is 17.0 Å². The molecule has 1 fully saturated rings. The highest BCUT2D eigenvalue weighted by Gasteiger charge is 2.58. The van der Waals surface area contributed by atoms with Crippen LogP contribution >= 0.6 is 0 Å². The lowest BCUT2D eigenvalue weighted by Crippen LogP contribution is -2.52. The number of anilines is 1. The number of nitrogen functional groups attached to an aromatic ring is 1. The summed E-state index contributed by atoms with van der Waals surface area (Å²) < 4.78 is 7.36. The largest absolute Gasteiger partial charge is 0.394 e. The highest BCUT2D eigenvalue weighted by atomic mass is 16.6. The van der Waals surface area contributed by atoms with E-state index in [1.165, 1.54) is 17.2 Å². The number of rotatable bonds is 4. The number of hydrogen-bond donors (Lipinski definition) is 5. The van der Waals surface area contributed by atoms with Crippen molar-refractivity contribution < 1.29 is 20.1 Å². The number of aromatic nitrogens is 4. The second-order valence-electron chi connectivity index (χ2n) is 5.71. The molecular formula is C13H20N6O4. The zero-order valence-corrected chi connectivity index (χ0v) is 12.6. The number of fused-ring (bicyclic) bond motifs is 1. The second kappa shape index (κ2) is 5.65. The van der Waals surface area contributed by atoms with Crippen LogP contribution in [0.2, 0.25) is 0 Å². The molecule has 2 aromatic heterocycles. The molecule has 7 N–H and O–H groups in total. The smallest absolute Gasteiger partial charge is 0.180 e. The quantitative estimate of drug-likeness (QED) is 0.418. The Bertz CT molecular complexity index is 709. The molecule has 1 unspecified atom stereocenters. The van der Waals surface area contributed by atoms with Crippen LogP contribution in [0.25, 0.3) is 11.2 Å². The first kappa shape index (κ1) is 16.0. The molecule has 23 heavy (non-hydrogen) atoms. The van der Waals surface area contributed by atoms with Crippen LogP contribution in [0, 0.1) is 5.92 Å². The maximum Gasteiger partial charge on any atom is 0.180 e. The van der Waals surface area contributed by atoms with Crippen molar-refractivity contribution in [1.82, 2.24) is 19.5 Å². The minimum absolute atomic E-state index is 0.169. The number of aliphatic hydroxyl groups is 3. The van der Waals surface area contributed by atoms with E-state index in [0.29, 0.717) is 11.2 Å². The van der Waals surface area contributed by atoms with Crippen molar-refractivity contribution in [3.8, 4) is 0 Å². The third kappa shape index (κ3) is 2.11. The number of nitrogens with zero attached hydrogens (tertiary/aromatic N) is 4. The summed E-state index contributed by atoms with van der Waals surface area (Å²) in [6, 6.07) is 0. The van der Waals surface area contributed by atoms with E-state index in [4.69, 9.17) is 16.2 Å². The summed E-state index contributed by atoms with van der Waals surface area (Å²) in [5.74, 6) is -0.215. The van der Waals surface area contributed by atoms with Crippen LogP contribution < -0.4 is 11.5 Å². The Hall–Kier alpha value is -1.85. The molecule has 0 aromatic carbocycles. The molecule has 0 spiro atoms. The van der Waals surface area contributed by atoms with E-state index in [2.05, 4.69) is 15.0 Å². The van der Waals surface area contributed by atoms with E-state index >= 15 is 0 Å². The fourth-order valence-corrected chi connectivity index (χ4v) is 3.10. The molecule has 1 saturated heterocycles. The minimum atomic E-state index is -1.42. The average molecular weight is 324 g/mol. The Kier molecular flexibility index (Phi) is 3.94. The molecule has 10 nitrogen and oxygen atoms in total. The van der Waals surface area contributed by atoms with E-state index in [-0.39, 0.29) is 12.4 Å². The Labute approximate surface area is 131 Å². The maximum absolute atomic E-state index is 10.6. The predicted molar refractivity (Wildman–Crippen MR) is 79.9 cm³/mol. The van der Waals surface area contributed by atoms with Crippen LogP contribution in [0.5, 0.6) is 0 Å². The molecule has 5 atom stereocenters. The van der Waals surface area contributed by atoms with Crippen molar-refractivity contribution in [3.05, 3.63) is 12.7 Å². The molecule has 0 saturated carbocycles. The third-order valence-electron chi connectivity index (χ3n) is 4.45.